The quantitative estimate of drug-likeness (QED) is 0.583. The van der Waals surface area contributed by atoms with Gasteiger partial charge in [-0.3, -0.25) is 4.79 Å². The third-order valence-electron chi connectivity index (χ3n) is 3.96. The van der Waals surface area contributed by atoms with Crippen molar-refractivity contribution in [3.63, 3.8) is 0 Å². The Kier molecular flexibility index (Phi) is 7.64. The Hall–Kier alpha value is -1.64. The minimum absolute atomic E-state index is 0.0706. The molecule has 0 saturated carbocycles. The molecule has 4 N–H and O–H groups in total. The molecular formula is C18H22Cl2N3O3S+. The van der Waals surface area contributed by atoms with Gasteiger partial charge in [0.1, 0.15) is 6.54 Å². The van der Waals surface area contributed by atoms with Gasteiger partial charge in [-0.05, 0) is 36.2 Å². The molecule has 0 heterocycles. The van der Waals surface area contributed by atoms with Gasteiger partial charge >= 0.3 is 0 Å². The second-order valence-electron chi connectivity index (χ2n) is 6.34. The van der Waals surface area contributed by atoms with Crippen LogP contribution in [0.5, 0.6) is 0 Å². The summed E-state index contributed by atoms with van der Waals surface area (Å²) in [6.45, 7) is 1.38. The van der Waals surface area contributed by atoms with E-state index in [-0.39, 0.29) is 10.8 Å². The largest absolute Gasteiger partial charge is 0.351 e. The summed E-state index contributed by atoms with van der Waals surface area (Å²) in [7, 11) is -1.77. The maximum absolute atomic E-state index is 12.1. The second-order valence-corrected chi connectivity index (χ2v) is 8.74. The minimum Gasteiger partial charge on any atom is -0.351 e. The molecule has 2 aromatic carbocycles. The van der Waals surface area contributed by atoms with Crippen molar-refractivity contribution in [2.45, 2.75) is 17.9 Å². The third kappa shape index (κ3) is 7.12. The molecule has 0 aromatic heterocycles. The lowest BCUT2D eigenvalue weighted by Gasteiger charge is -2.15. The highest BCUT2D eigenvalue weighted by molar-refractivity contribution is 7.89. The van der Waals surface area contributed by atoms with Crippen molar-refractivity contribution in [2.24, 2.45) is 5.14 Å². The van der Waals surface area contributed by atoms with Crippen LogP contribution in [0.15, 0.2) is 47.4 Å². The zero-order valence-corrected chi connectivity index (χ0v) is 17.2. The number of rotatable bonds is 8. The topological polar surface area (TPSA) is 93.7 Å². The number of quaternary nitrogens is 1. The molecule has 0 spiro atoms. The number of carbonyl (C=O) groups is 1. The number of nitrogens with one attached hydrogen (secondary N) is 2. The lowest BCUT2D eigenvalue weighted by Crippen LogP contribution is -3.08. The molecule has 146 valence electrons. The number of amides is 1. The molecular weight excluding hydrogens is 409 g/mol. The van der Waals surface area contributed by atoms with Crippen molar-refractivity contribution >= 4 is 39.1 Å². The third-order valence-corrected chi connectivity index (χ3v) is 5.47. The van der Waals surface area contributed by atoms with Crippen LogP contribution in [-0.2, 0) is 27.8 Å². The van der Waals surface area contributed by atoms with Crippen LogP contribution < -0.4 is 15.4 Å². The first-order valence-corrected chi connectivity index (χ1v) is 10.6. The van der Waals surface area contributed by atoms with Gasteiger partial charge in [0.05, 0.1) is 17.0 Å². The zero-order chi connectivity index (χ0) is 20.0. The molecule has 1 amide bonds. The minimum atomic E-state index is -3.69. The van der Waals surface area contributed by atoms with Crippen molar-refractivity contribution in [2.75, 3.05) is 20.1 Å². The monoisotopic (exact) mass is 430 g/mol. The zero-order valence-electron chi connectivity index (χ0n) is 14.8. The molecule has 0 aliphatic rings. The molecule has 6 nitrogen and oxygen atoms in total. The van der Waals surface area contributed by atoms with Gasteiger partial charge in [0, 0.05) is 17.1 Å². The molecule has 1 unspecified atom stereocenters. The van der Waals surface area contributed by atoms with Crippen LogP contribution >= 0.6 is 23.2 Å². The fraction of sp³-hybridized carbons (Fsp3) is 0.278. The fourth-order valence-corrected chi connectivity index (χ4v) is 3.57. The number of carbonyl (C=O) groups excluding carboxylic acids is 1. The second kappa shape index (κ2) is 9.52. The first-order chi connectivity index (χ1) is 12.6. The van der Waals surface area contributed by atoms with Crippen LogP contribution in [-0.4, -0.2) is 34.5 Å². The van der Waals surface area contributed by atoms with Gasteiger partial charge in [-0.15, -0.1) is 0 Å². The van der Waals surface area contributed by atoms with Crippen LogP contribution in [0, 0.1) is 0 Å². The van der Waals surface area contributed by atoms with Gasteiger partial charge in [-0.1, -0.05) is 41.4 Å². The number of hydrogen-bond donors (Lipinski definition) is 3. The van der Waals surface area contributed by atoms with E-state index in [4.69, 9.17) is 28.3 Å². The summed E-state index contributed by atoms with van der Waals surface area (Å²) in [5.74, 6) is -0.0706. The highest BCUT2D eigenvalue weighted by Crippen LogP contribution is 2.20. The van der Waals surface area contributed by atoms with Gasteiger partial charge in [0.25, 0.3) is 5.91 Å². The Morgan fingerprint density at radius 2 is 1.81 bits per heavy atom. The number of halogens is 2. The van der Waals surface area contributed by atoms with Crippen molar-refractivity contribution in [3.05, 3.63) is 63.6 Å². The number of benzene rings is 2. The Morgan fingerprint density at radius 3 is 2.41 bits per heavy atom. The molecule has 0 saturated heterocycles. The van der Waals surface area contributed by atoms with E-state index in [0.717, 1.165) is 16.0 Å². The van der Waals surface area contributed by atoms with Gasteiger partial charge in [-0.2, -0.15) is 0 Å². The highest BCUT2D eigenvalue weighted by Gasteiger charge is 2.12. The molecule has 27 heavy (non-hydrogen) atoms. The van der Waals surface area contributed by atoms with Crippen LogP contribution in [0.3, 0.4) is 0 Å². The van der Waals surface area contributed by atoms with E-state index >= 15 is 0 Å². The lowest BCUT2D eigenvalue weighted by molar-refractivity contribution is -0.885. The van der Waals surface area contributed by atoms with Gasteiger partial charge < -0.3 is 10.2 Å². The number of sulfonamides is 1. The summed E-state index contributed by atoms with van der Waals surface area (Å²) in [5, 5.41) is 9.09. The normalized spacial score (nSPS) is 12.6. The summed E-state index contributed by atoms with van der Waals surface area (Å²) in [5.41, 5.74) is 1.85. The molecule has 0 aliphatic heterocycles. The first kappa shape index (κ1) is 21.7. The Morgan fingerprint density at radius 1 is 1.15 bits per heavy atom. The van der Waals surface area contributed by atoms with Gasteiger partial charge in [0.15, 0.2) is 6.54 Å². The average Bonchev–Trinajstić information content (AvgIpc) is 2.57. The summed E-state index contributed by atoms with van der Waals surface area (Å²) in [6.07, 6.45) is 0.596. The molecule has 0 bridgehead atoms. The smallest absolute Gasteiger partial charge is 0.275 e. The molecule has 0 aliphatic carbocycles. The van der Waals surface area contributed by atoms with Crippen molar-refractivity contribution in [3.8, 4) is 0 Å². The number of nitrogens with two attached hydrogens (primary N) is 1. The van der Waals surface area contributed by atoms with E-state index in [9.17, 15) is 13.2 Å². The van der Waals surface area contributed by atoms with Gasteiger partial charge in [-0.25, -0.2) is 13.6 Å². The molecule has 2 aromatic rings. The maximum atomic E-state index is 12.1. The van der Waals surface area contributed by atoms with Crippen LogP contribution in [0.25, 0.3) is 0 Å². The molecule has 0 fully saturated rings. The van der Waals surface area contributed by atoms with Gasteiger partial charge in [0.2, 0.25) is 10.0 Å². The van der Waals surface area contributed by atoms with Crippen molar-refractivity contribution in [1.82, 2.24) is 5.32 Å². The fourth-order valence-electron chi connectivity index (χ4n) is 2.58. The molecule has 2 rings (SSSR count). The predicted octanol–water partition coefficient (Wildman–Crippen LogP) is 1.01. The molecule has 0 radical (unpaired) electrons. The maximum Gasteiger partial charge on any atom is 0.275 e. The average molecular weight is 431 g/mol. The molecule has 9 heteroatoms. The van der Waals surface area contributed by atoms with Crippen molar-refractivity contribution < 1.29 is 18.1 Å². The summed E-state index contributed by atoms with van der Waals surface area (Å²) < 4.78 is 22.4. The Labute approximate surface area is 169 Å². The number of hydrogen-bond acceptors (Lipinski definition) is 3. The predicted molar refractivity (Wildman–Crippen MR) is 106 cm³/mol. The van der Waals surface area contributed by atoms with E-state index in [2.05, 4.69) is 5.32 Å². The summed E-state index contributed by atoms with van der Waals surface area (Å²) in [4.78, 5) is 13.1. The first-order valence-electron chi connectivity index (χ1n) is 8.29. The van der Waals surface area contributed by atoms with Crippen LogP contribution in [0.4, 0.5) is 0 Å². The lowest BCUT2D eigenvalue weighted by atomic mass is 10.1. The molecule has 1 atom stereocenters. The number of primary sulfonamides is 1. The Bertz CT molecular complexity index is 903. The summed E-state index contributed by atoms with van der Waals surface area (Å²) >= 11 is 12.0. The highest BCUT2D eigenvalue weighted by atomic mass is 35.5. The Balaban J connectivity index is 1.77. The van der Waals surface area contributed by atoms with Crippen molar-refractivity contribution in [1.29, 1.82) is 0 Å². The summed E-state index contributed by atoms with van der Waals surface area (Å²) in [6, 6.07) is 11.6. The van der Waals surface area contributed by atoms with Crippen LogP contribution in [0.2, 0.25) is 10.0 Å². The van der Waals surface area contributed by atoms with E-state index < -0.39 is 10.0 Å². The van der Waals surface area contributed by atoms with E-state index in [1.54, 1.807) is 24.3 Å². The number of likely N-dealkylation sites (N-methyl/N-ethyl adjacent to an activating group) is 1. The standard InChI is InChI=1S/C18H21Cl2N3O3S/c1-23(11-14-4-5-15(19)10-17(14)20)12-18(24)22-9-8-13-2-6-16(7-3-13)27(21,25)26/h2-7,10H,8-9,11-12H2,1H3,(H,22,24)(H2,21,25,26)/p+1. The van der Waals surface area contributed by atoms with Crippen LogP contribution in [0.1, 0.15) is 11.1 Å². The van der Waals surface area contributed by atoms with E-state index in [0.29, 0.717) is 36.1 Å². The van der Waals surface area contributed by atoms with E-state index in [1.165, 1.54) is 12.1 Å². The SMILES string of the molecule is C[NH+](CC(=O)NCCc1ccc(S(N)(=O)=O)cc1)Cc1ccc(Cl)cc1Cl. The van der Waals surface area contributed by atoms with E-state index in [1.807, 2.05) is 13.1 Å².